The normalized spacial score (nSPS) is 15.4. The van der Waals surface area contributed by atoms with E-state index in [1.807, 2.05) is 45.0 Å². The van der Waals surface area contributed by atoms with Crippen LogP contribution in [0.3, 0.4) is 0 Å². The molecule has 2 rings (SSSR count). The molecule has 0 unspecified atom stereocenters. The second-order valence-corrected chi connectivity index (χ2v) is 6.27. The van der Waals surface area contributed by atoms with Gasteiger partial charge in [-0.05, 0) is 37.3 Å². The number of rotatable bonds is 5. The van der Waals surface area contributed by atoms with Gasteiger partial charge in [0.2, 0.25) is 0 Å². The number of ether oxygens (including phenoxy) is 1. The highest BCUT2D eigenvalue weighted by Gasteiger charge is 2.36. The molecule has 1 aromatic carbocycles. The Balaban J connectivity index is 2.38. The predicted octanol–water partition coefficient (Wildman–Crippen LogP) is 2.94. The Labute approximate surface area is 129 Å². The molecule has 0 bridgehead atoms. The molecule has 0 aromatic heterocycles. The molecule has 5 heteroatoms. The number of thioether (sulfide) groups is 1. The van der Waals surface area contributed by atoms with Crippen molar-refractivity contribution in [3.05, 3.63) is 34.7 Å². The number of carbonyl (C=O) groups excluding carboxylic acids is 2. The van der Waals surface area contributed by atoms with Crippen LogP contribution in [0.2, 0.25) is 0 Å². The summed E-state index contributed by atoms with van der Waals surface area (Å²) in [6.45, 7) is 5.88. The van der Waals surface area contributed by atoms with Gasteiger partial charge in [0.1, 0.15) is 5.75 Å². The van der Waals surface area contributed by atoms with Gasteiger partial charge in [0, 0.05) is 7.05 Å². The summed E-state index contributed by atoms with van der Waals surface area (Å²) in [4.78, 5) is 26.1. The lowest BCUT2D eigenvalue weighted by molar-refractivity contribution is -0.134. The Kier molecular flexibility index (Phi) is 4.73. The molecule has 0 atom stereocenters. The van der Waals surface area contributed by atoms with Gasteiger partial charge in [-0.1, -0.05) is 19.1 Å². The molecular formula is C16H19NO3S. The summed E-state index contributed by atoms with van der Waals surface area (Å²) in [6.07, 6.45) is 0.0992. The molecule has 1 aliphatic rings. The largest absolute Gasteiger partial charge is 0.491 e. The Hall–Kier alpha value is -1.75. The van der Waals surface area contributed by atoms with Gasteiger partial charge in [0.25, 0.3) is 11.8 Å². The van der Waals surface area contributed by atoms with Gasteiger partial charge in [0.15, 0.2) is 0 Å². The van der Waals surface area contributed by atoms with Crippen molar-refractivity contribution in [1.29, 1.82) is 0 Å². The first-order valence-electron chi connectivity index (χ1n) is 6.92. The zero-order chi connectivity index (χ0) is 15.6. The lowest BCUT2D eigenvalue weighted by Gasteiger charge is -2.10. The minimum Gasteiger partial charge on any atom is -0.491 e. The topological polar surface area (TPSA) is 46.6 Å². The van der Waals surface area contributed by atoms with E-state index < -0.39 is 0 Å². The van der Waals surface area contributed by atoms with Gasteiger partial charge in [-0.2, -0.15) is 0 Å². The Morgan fingerprint density at radius 1 is 1.14 bits per heavy atom. The van der Waals surface area contributed by atoms with Crippen LogP contribution in [0.4, 0.5) is 0 Å². The number of carbonyl (C=O) groups is 2. The molecule has 0 saturated heterocycles. The average Bonchev–Trinajstić information content (AvgIpc) is 2.65. The van der Waals surface area contributed by atoms with Crippen LogP contribution in [0.5, 0.6) is 5.75 Å². The maximum absolute atomic E-state index is 12.3. The van der Waals surface area contributed by atoms with E-state index in [0.29, 0.717) is 10.5 Å². The molecular weight excluding hydrogens is 286 g/mol. The third-order valence-corrected chi connectivity index (χ3v) is 4.00. The highest BCUT2D eigenvalue weighted by Crippen LogP contribution is 2.35. The highest BCUT2D eigenvalue weighted by molar-refractivity contribution is 8.04. The number of imide groups is 1. The van der Waals surface area contributed by atoms with Gasteiger partial charge < -0.3 is 4.74 Å². The molecule has 112 valence electrons. The van der Waals surface area contributed by atoms with Gasteiger partial charge in [-0.15, -0.1) is 11.8 Å². The molecule has 1 aromatic rings. The third kappa shape index (κ3) is 3.13. The second kappa shape index (κ2) is 6.35. The number of hydrogen-bond donors (Lipinski definition) is 0. The average molecular weight is 305 g/mol. The predicted molar refractivity (Wildman–Crippen MR) is 85.0 cm³/mol. The van der Waals surface area contributed by atoms with E-state index >= 15 is 0 Å². The second-order valence-electron chi connectivity index (χ2n) is 5.00. The maximum atomic E-state index is 12.3. The number of hydrogen-bond acceptors (Lipinski definition) is 4. The van der Waals surface area contributed by atoms with E-state index in [1.165, 1.54) is 23.7 Å². The van der Waals surface area contributed by atoms with Gasteiger partial charge >= 0.3 is 0 Å². The van der Waals surface area contributed by atoms with Crippen molar-refractivity contribution in [2.75, 3.05) is 12.8 Å². The monoisotopic (exact) mass is 305 g/mol. The van der Waals surface area contributed by atoms with E-state index in [4.69, 9.17) is 4.74 Å². The number of benzene rings is 1. The molecule has 0 aliphatic carbocycles. The fraction of sp³-hybridized carbons (Fsp3) is 0.375. The van der Waals surface area contributed by atoms with Crippen molar-refractivity contribution >= 4 is 29.1 Å². The number of nitrogens with zero attached hydrogens (tertiary/aromatic N) is 1. The van der Waals surface area contributed by atoms with E-state index in [0.717, 1.165) is 17.1 Å². The molecule has 21 heavy (non-hydrogen) atoms. The summed E-state index contributed by atoms with van der Waals surface area (Å²) in [6, 6.07) is 7.31. The molecule has 1 heterocycles. The Morgan fingerprint density at radius 3 is 2.29 bits per heavy atom. The van der Waals surface area contributed by atoms with Crippen LogP contribution in [0.15, 0.2) is 29.2 Å². The first-order valence-corrected chi connectivity index (χ1v) is 7.90. The van der Waals surface area contributed by atoms with Crippen molar-refractivity contribution in [2.45, 2.75) is 26.9 Å². The Bertz CT molecular complexity index is 590. The fourth-order valence-corrected chi connectivity index (χ4v) is 3.02. The Morgan fingerprint density at radius 2 is 1.76 bits per heavy atom. The first-order chi connectivity index (χ1) is 9.95. The minimum absolute atomic E-state index is 0.0992. The zero-order valence-electron chi connectivity index (χ0n) is 12.7. The van der Waals surface area contributed by atoms with Crippen molar-refractivity contribution in [3.8, 4) is 5.75 Å². The summed E-state index contributed by atoms with van der Waals surface area (Å²) < 4.78 is 5.59. The quantitative estimate of drug-likeness (QED) is 0.785. The van der Waals surface area contributed by atoms with Gasteiger partial charge in [-0.3, -0.25) is 14.5 Å². The van der Waals surface area contributed by atoms with Crippen LogP contribution in [0.1, 0.15) is 26.3 Å². The van der Waals surface area contributed by atoms with Gasteiger partial charge in [0.05, 0.1) is 16.6 Å². The molecule has 0 N–H and O–H groups in total. The first kappa shape index (κ1) is 15.6. The summed E-state index contributed by atoms with van der Waals surface area (Å²) in [5, 5.41) is 0. The van der Waals surface area contributed by atoms with Gasteiger partial charge in [-0.25, -0.2) is 0 Å². The molecule has 4 nitrogen and oxygen atoms in total. The summed E-state index contributed by atoms with van der Waals surface area (Å²) >= 11 is 1.41. The standard InChI is InChI=1S/C16H19NO3S/c1-5-21-14-13(15(18)17(4)16(14)19)11-6-8-12(9-7-11)20-10(2)3/h6-10H,5H2,1-4H3. The maximum Gasteiger partial charge on any atom is 0.267 e. The lowest BCUT2D eigenvalue weighted by Crippen LogP contribution is -2.26. The van der Waals surface area contributed by atoms with Crippen LogP contribution in [0.25, 0.3) is 5.57 Å². The van der Waals surface area contributed by atoms with Crippen molar-refractivity contribution in [3.63, 3.8) is 0 Å². The molecule has 2 amide bonds. The van der Waals surface area contributed by atoms with Crippen LogP contribution in [-0.2, 0) is 9.59 Å². The third-order valence-electron chi connectivity index (χ3n) is 3.05. The summed E-state index contributed by atoms with van der Waals surface area (Å²) in [5.41, 5.74) is 1.25. The fourth-order valence-electron chi connectivity index (χ4n) is 2.12. The van der Waals surface area contributed by atoms with Crippen LogP contribution < -0.4 is 4.74 Å². The molecule has 1 aliphatic heterocycles. The molecule has 0 saturated carbocycles. The van der Waals surface area contributed by atoms with E-state index in [1.54, 1.807) is 0 Å². The SMILES string of the molecule is CCSC1=C(c2ccc(OC(C)C)cc2)C(=O)N(C)C1=O. The number of likely N-dealkylation sites (N-methyl/N-ethyl adjacent to an activating group) is 1. The van der Waals surface area contributed by atoms with Crippen LogP contribution in [0, 0.1) is 0 Å². The zero-order valence-corrected chi connectivity index (χ0v) is 13.5. The summed E-state index contributed by atoms with van der Waals surface area (Å²) in [5.74, 6) is 1.04. The van der Waals surface area contributed by atoms with E-state index in [9.17, 15) is 9.59 Å². The molecule has 0 radical (unpaired) electrons. The van der Waals surface area contributed by atoms with E-state index in [2.05, 4.69) is 0 Å². The van der Waals surface area contributed by atoms with Crippen molar-refractivity contribution in [1.82, 2.24) is 4.90 Å². The highest BCUT2D eigenvalue weighted by atomic mass is 32.2. The number of amides is 2. The van der Waals surface area contributed by atoms with Crippen molar-refractivity contribution < 1.29 is 14.3 Å². The van der Waals surface area contributed by atoms with Crippen LogP contribution >= 0.6 is 11.8 Å². The smallest absolute Gasteiger partial charge is 0.267 e. The minimum atomic E-state index is -0.242. The molecule has 0 fully saturated rings. The van der Waals surface area contributed by atoms with E-state index in [-0.39, 0.29) is 17.9 Å². The van der Waals surface area contributed by atoms with Crippen molar-refractivity contribution in [2.24, 2.45) is 0 Å². The summed E-state index contributed by atoms with van der Waals surface area (Å²) in [7, 11) is 1.52. The molecule has 0 spiro atoms. The van der Waals surface area contributed by atoms with Crippen LogP contribution in [-0.4, -0.2) is 35.6 Å². The lowest BCUT2D eigenvalue weighted by atomic mass is 10.1.